The predicted molar refractivity (Wildman–Crippen MR) is 352 cm³/mol. The van der Waals surface area contributed by atoms with Crippen molar-refractivity contribution in [3.63, 3.8) is 0 Å². The largest absolute Gasteiger partial charge is 0.472 e. The molecule has 0 aliphatic carbocycles. The molecule has 0 bridgehead atoms. The molecule has 0 spiro atoms. The summed E-state index contributed by atoms with van der Waals surface area (Å²) in [6.07, 6.45) is 88.4. The molecule has 468 valence electrons. The number of carbonyl (C=O) groups excluding carboxylic acids is 3. The number of allylic oxidation sites excluding steroid dienone is 32. The van der Waals surface area contributed by atoms with E-state index in [-0.39, 0.29) is 19.3 Å². The minimum absolute atomic E-state index is 0.0208. The van der Waals surface area contributed by atoms with Gasteiger partial charge in [-0.15, -0.1) is 0 Å². The van der Waals surface area contributed by atoms with Gasteiger partial charge in [-0.1, -0.05) is 241 Å². The van der Waals surface area contributed by atoms with Crippen molar-refractivity contribution in [3.8, 4) is 0 Å². The molecule has 0 aliphatic heterocycles. The van der Waals surface area contributed by atoms with Crippen LogP contribution >= 0.6 is 7.82 Å². The summed E-state index contributed by atoms with van der Waals surface area (Å²) in [5, 5.41) is 9.84. The Balaban J connectivity index is 4.95. The van der Waals surface area contributed by atoms with Crippen molar-refractivity contribution in [1.82, 2.24) is 0 Å². The number of hydrogen-bond acceptors (Lipinski definition) is 10. The molecule has 0 aromatic rings. The molecule has 2 N–H and O–H groups in total. The van der Waals surface area contributed by atoms with E-state index in [9.17, 15) is 28.9 Å². The number of esters is 3. The minimum Gasteiger partial charge on any atom is -0.462 e. The molecule has 0 fully saturated rings. The van der Waals surface area contributed by atoms with Gasteiger partial charge >= 0.3 is 25.7 Å². The average molecular weight is 1180 g/mol. The first-order valence-corrected chi connectivity index (χ1v) is 32.8. The van der Waals surface area contributed by atoms with E-state index in [2.05, 4.69) is 191 Å². The van der Waals surface area contributed by atoms with Gasteiger partial charge < -0.3 is 24.2 Å². The third kappa shape index (κ3) is 60.9. The smallest absolute Gasteiger partial charge is 0.462 e. The van der Waals surface area contributed by atoms with E-state index in [0.29, 0.717) is 32.1 Å². The zero-order valence-corrected chi connectivity index (χ0v) is 52.7. The van der Waals surface area contributed by atoms with Crippen molar-refractivity contribution in [3.05, 3.63) is 194 Å². The SMILES string of the molecule is CC/C=C\C/C=C\C/C=C\C/C=C\C/C=C\C/C=C\CCC(=O)OC(CO)COP(=O)(O)OCC(COC(=O)CCCCCCCC/C=C\C/C=C\C/C=C\C/C=C\CC)OC(=O)CC/C=C\C/C=C\C/C=C\C/C=C\C/C=C\C/C=C\CC. The van der Waals surface area contributed by atoms with Crippen LogP contribution in [0, 0.1) is 0 Å². The van der Waals surface area contributed by atoms with E-state index in [0.717, 1.165) is 128 Å². The summed E-state index contributed by atoms with van der Waals surface area (Å²) in [6.45, 7) is 4.09. The van der Waals surface area contributed by atoms with Crippen LogP contribution in [0.3, 0.4) is 0 Å². The zero-order chi connectivity index (χ0) is 61.2. The number of phosphoric acid groups is 1. The van der Waals surface area contributed by atoms with Crippen molar-refractivity contribution < 1.29 is 52.2 Å². The average Bonchev–Trinajstić information content (AvgIpc) is 3.54. The summed E-state index contributed by atoms with van der Waals surface area (Å²) in [5.74, 6) is -1.70. The van der Waals surface area contributed by atoms with Crippen LogP contribution in [0.25, 0.3) is 0 Å². The highest BCUT2D eigenvalue weighted by Gasteiger charge is 2.28. The highest BCUT2D eigenvalue weighted by atomic mass is 31.2. The van der Waals surface area contributed by atoms with Crippen LogP contribution in [0.5, 0.6) is 0 Å². The van der Waals surface area contributed by atoms with Crippen LogP contribution < -0.4 is 0 Å². The number of hydrogen-bond donors (Lipinski definition) is 2. The van der Waals surface area contributed by atoms with Gasteiger partial charge in [0, 0.05) is 19.3 Å². The highest BCUT2D eigenvalue weighted by molar-refractivity contribution is 7.47. The van der Waals surface area contributed by atoms with E-state index in [4.69, 9.17) is 23.3 Å². The molecule has 0 aromatic carbocycles. The van der Waals surface area contributed by atoms with Gasteiger partial charge in [0.05, 0.1) is 19.8 Å². The Kier molecular flexibility index (Phi) is 59.1. The van der Waals surface area contributed by atoms with E-state index < -0.39 is 64.4 Å². The Morgan fingerprint density at radius 2 is 0.607 bits per heavy atom. The predicted octanol–water partition coefficient (Wildman–Crippen LogP) is 19.4. The first kappa shape index (κ1) is 78.3. The molecular formula is C72H109O11P. The lowest BCUT2D eigenvalue weighted by molar-refractivity contribution is -0.161. The first-order chi connectivity index (χ1) is 41.2. The van der Waals surface area contributed by atoms with Crippen LogP contribution in [0.15, 0.2) is 194 Å². The topological polar surface area (TPSA) is 155 Å². The Hall–Kier alpha value is -5.68. The van der Waals surface area contributed by atoms with Gasteiger partial charge in [0.1, 0.15) is 12.7 Å². The van der Waals surface area contributed by atoms with Crippen molar-refractivity contribution in [2.45, 2.75) is 213 Å². The second kappa shape index (κ2) is 63.3. The maximum absolute atomic E-state index is 12.9. The summed E-state index contributed by atoms with van der Waals surface area (Å²) < 4.78 is 39.5. The molecule has 3 atom stereocenters. The molecule has 0 heterocycles. The normalized spacial score (nSPS) is 14.6. The summed E-state index contributed by atoms with van der Waals surface area (Å²) in [4.78, 5) is 48.7. The lowest BCUT2D eigenvalue weighted by atomic mass is 10.1. The molecule has 0 aromatic heterocycles. The van der Waals surface area contributed by atoms with Gasteiger partial charge in [0.25, 0.3) is 0 Å². The maximum atomic E-state index is 12.9. The summed E-state index contributed by atoms with van der Waals surface area (Å²) >= 11 is 0. The first-order valence-electron chi connectivity index (χ1n) is 31.3. The number of aliphatic hydroxyl groups is 1. The van der Waals surface area contributed by atoms with E-state index >= 15 is 0 Å². The van der Waals surface area contributed by atoms with Crippen LogP contribution in [0.2, 0.25) is 0 Å². The minimum atomic E-state index is -4.81. The molecule has 12 heteroatoms. The summed E-state index contributed by atoms with van der Waals surface area (Å²) in [7, 11) is -4.81. The second-order valence-electron chi connectivity index (χ2n) is 19.7. The Bertz CT molecular complexity index is 2160. The number of aliphatic hydroxyl groups excluding tert-OH is 1. The Morgan fingerprint density at radius 1 is 0.333 bits per heavy atom. The third-order valence-corrected chi connectivity index (χ3v) is 13.0. The zero-order valence-electron chi connectivity index (χ0n) is 51.8. The van der Waals surface area contributed by atoms with Crippen LogP contribution in [-0.4, -0.2) is 66.5 Å². The number of unbranched alkanes of at least 4 members (excludes halogenated alkanes) is 6. The van der Waals surface area contributed by atoms with E-state index in [1.165, 1.54) is 0 Å². The fourth-order valence-electron chi connectivity index (χ4n) is 7.40. The number of carbonyl (C=O) groups is 3. The number of phosphoric ester groups is 1. The molecule has 0 radical (unpaired) electrons. The van der Waals surface area contributed by atoms with Gasteiger partial charge in [0.2, 0.25) is 0 Å². The van der Waals surface area contributed by atoms with Gasteiger partial charge in [0.15, 0.2) is 6.10 Å². The molecule has 0 saturated carbocycles. The standard InChI is InChI=1S/C72H109O11P/c1-4-7-10-13-16-19-22-25-28-31-34-37-40-43-46-49-52-55-58-61-70(74)79-65-69(83-72(76)63-60-57-54-51-48-45-42-39-36-33-30-27-24-21-18-15-12-9-6-3)67-81-84(77,78)80-66-68(64-73)82-71(75)62-59-56-53-50-47-44-41-38-35-32-29-26-23-20-17-14-11-8-5-2/h7-12,16-21,25-30,34-39,44-45,47-48,53-54,56-57,68-69,73H,4-6,13-15,22-24,31-33,40-43,46,49-52,55,58-67H2,1-3H3,(H,77,78)/b10-7-,11-8-,12-9-,19-16-,20-17-,21-18-,28-25-,29-26-,30-27-,37-34-,38-35-,39-36-,47-44-,48-45-,56-53-,57-54-. The molecule has 0 amide bonds. The number of rotatable bonds is 55. The monoisotopic (exact) mass is 1180 g/mol. The fraction of sp³-hybridized carbons (Fsp3) is 0.514. The van der Waals surface area contributed by atoms with Gasteiger partial charge in [-0.05, 0) is 135 Å². The Labute approximate surface area is 509 Å². The van der Waals surface area contributed by atoms with Crippen LogP contribution in [0.4, 0.5) is 0 Å². The molecule has 84 heavy (non-hydrogen) atoms. The lowest BCUT2D eigenvalue weighted by Gasteiger charge is -2.21. The summed E-state index contributed by atoms with van der Waals surface area (Å²) in [5.41, 5.74) is 0. The van der Waals surface area contributed by atoms with Gasteiger partial charge in [-0.2, -0.15) is 0 Å². The maximum Gasteiger partial charge on any atom is 0.472 e. The van der Waals surface area contributed by atoms with Crippen LogP contribution in [-0.2, 0) is 42.2 Å². The van der Waals surface area contributed by atoms with Gasteiger partial charge in [-0.25, -0.2) is 4.57 Å². The van der Waals surface area contributed by atoms with Crippen molar-refractivity contribution >= 4 is 25.7 Å². The molecule has 11 nitrogen and oxygen atoms in total. The molecule has 0 rings (SSSR count). The van der Waals surface area contributed by atoms with Crippen molar-refractivity contribution in [1.29, 1.82) is 0 Å². The van der Waals surface area contributed by atoms with Crippen molar-refractivity contribution in [2.24, 2.45) is 0 Å². The van der Waals surface area contributed by atoms with E-state index in [1.54, 1.807) is 0 Å². The quantitative estimate of drug-likeness (QED) is 0.0197. The molecular weight excluding hydrogens is 1070 g/mol. The summed E-state index contributed by atoms with van der Waals surface area (Å²) in [6, 6.07) is 0. The van der Waals surface area contributed by atoms with Crippen molar-refractivity contribution in [2.75, 3.05) is 26.4 Å². The Morgan fingerprint density at radius 3 is 0.940 bits per heavy atom. The molecule has 0 saturated heterocycles. The van der Waals surface area contributed by atoms with E-state index in [1.807, 2.05) is 24.3 Å². The van der Waals surface area contributed by atoms with Gasteiger partial charge in [-0.3, -0.25) is 23.4 Å². The second-order valence-corrected chi connectivity index (χ2v) is 21.2. The lowest BCUT2D eigenvalue weighted by Crippen LogP contribution is -2.30. The fourth-order valence-corrected chi connectivity index (χ4v) is 8.18. The highest BCUT2D eigenvalue weighted by Crippen LogP contribution is 2.43. The molecule has 3 unspecified atom stereocenters. The van der Waals surface area contributed by atoms with Crippen LogP contribution in [0.1, 0.15) is 201 Å². The third-order valence-electron chi connectivity index (χ3n) is 12.0. The molecule has 0 aliphatic rings. The number of ether oxygens (including phenoxy) is 3.